The summed E-state index contributed by atoms with van der Waals surface area (Å²) >= 11 is 5.63. The molecular weight excluding hydrogens is 687 g/mol. The van der Waals surface area contributed by atoms with Crippen LogP contribution in [0, 0.1) is 0 Å². The fraction of sp³-hybridized carbons (Fsp3) is 0. The Morgan fingerprint density at radius 3 is 1.62 bits per heavy atom. The molecule has 0 radical (unpaired) electrons. The van der Waals surface area contributed by atoms with Gasteiger partial charge in [-0.1, -0.05) is 115 Å². The van der Waals surface area contributed by atoms with Crippen molar-refractivity contribution in [2.24, 2.45) is 0 Å². The minimum atomic E-state index is 1.14. The summed E-state index contributed by atoms with van der Waals surface area (Å²) in [7, 11) is 0. The van der Waals surface area contributed by atoms with Crippen LogP contribution < -0.4 is 4.90 Å². The Balaban J connectivity index is 1.10. The van der Waals surface area contributed by atoms with E-state index in [4.69, 9.17) is 0 Å². The normalized spacial score (nSPS) is 11.8. The van der Waals surface area contributed by atoms with Gasteiger partial charge >= 0.3 is 0 Å². The maximum absolute atomic E-state index is 2.46. The molecule has 1 nitrogen and oxygen atoms in total. The zero-order valence-electron chi connectivity index (χ0n) is 27.9. The van der Waals surface area contributed by atoms with Crippen LogP contribution in [0.2, 0.25) is 0 Å². The van der Waals surface area contributed by atoms with Crippen LogP contribution in [-0.4, -0.2) is 0 Å². The third-order valence-corrected chi connectivity index (χ3v) is 13.9. The lowest BCUT2D eigenvalue weighted by Gasteiger charge is -2.26. The number of fused-ring (bicyclic) bond motifs is 9. The number of rotatable bonds is 5. The van der Waals surface area contributed by atoms with Crippen LogP contribution in [0.1, 0.15) is 0 Å². The Hall–Kier alpha value is -5.78. The predicted octanol–water partition coefficient (Wildman–Crippen LogP) is 15.6. The molecule has 0 amide bonds. The molecule has 0 N–H and O–H groups in total. The van der Waals surface area contributed by atoms with E-state index in [1.54, 1.807) is 0 Å². The summed E-state index contributed by atoms with van der Waals surface area (Å²) in [6.07, 6.45) is 0. The molecule has 0 atom stereocenters. The second-order valence-electron chi connectivity index (χ2n) is 13.3. The maximum atomic E-state index is 2.46. The van der Waals surface area contributed by atoms with E-state index in [1.807, 2.05) is 34.0 Å². The van der Waals surface area contributed by atoms with Gasteiger partial charge in [-0.2, -0.15) is 0 Å². The highest BCUT2D eigenvalue weighted by molar-refractivity contribution is 7.27. The Kier molecular flexibility index (Phi) is 6.84. The number of benzene rings is 8. The number of hydrogen-bond donors (Lipinski definition) is 0. The monoisotopic (exact) mass is 715 g/mol. The van der Waals surface area contributed by atoms with Crippen LogP contribution in [-0.2, 0) is 0 Å². The van der Waals surface area contributed by atoms with E-state index in [0.717, 1.165) is 11.4 Å². The first-order chi connectivity index (χ1) is 25.8. The van der Waals surface area contributed by atoms with Crippen molar-refractivity contribution >= 4 is 112 Å². The largest absolute Gasteiger partial charge is 0.309 e. The van der Waals surface area contributed by atoms with Crippen LogP contribution in [0.15, 0.2) is 176 Å². The van der Waals surface area contributed by atoms with E-state index in [9.17, 15) is 0 Å². The smallest absolute Gasteiger partial charge is 0.0640 e. The lowest BCUT2D eigenvalue weighted by atomic mass is 10.0. The van der Waals surface area contributed by atoms with Crippen LogP contribution in [0.3, 0.4) is 0 Å². The minimum Gasteiger partial charge on any atom is -0.309 e. The van der Waals surface area contributed by atoms with Crippen LogP contribution in [0.5, 0.6) is 0 Å². The highest BCUT2D eigenvalue weighted by Gasteiger charge is 2.20. The zero-order chi connectivity index (χ0) is 34.2. The van der Waals surface area contributed by atoms with Gasteiger partial charge in [0.05, 0.1) is 10.4 Å². The van der Waals surface area contributed by atoms with Gasteiger partial charge in [-0.3, -0.25) is 0 Å². The molecule has 0 bridgehead atoms. The minimum absolute atomic E-state index is 1.14. The molecule has 0 aliphatic rings. The standard InChI is InChI=1S/C48H29NS3/c1-2-10-31(11-3-1)35-14-8-15-38-39-16-9-17-42(48(39)52-47(35)38)49(34-25-27-46-41(29-34)37-13-5-7-19-44(37)51-46)33-23-20-30(21-24-33)32-22-26-45-40(28-32)36-12-4-6-18-43(36)50-45/h1-29H. The summed E-state index contributed by atoms with van der Waals surface area (Å²) in [6.45, 7) is 0. The van der Waals surface area contributed by atoms with E-state index in [0.29, 0.717) is 0 Å². The van der Waals surface area contributed by atoms with Gasteiger partial charge in [0, 0.05) is 67.2 Å². The quantitative estimate of drug-likeness (QED) is 0.171. The Labute approximate surface area is 312 Å². The lowest BCUT2D eigenvalue weighted by Crippen LogP contribution is -2.10. The second-order valence-corrected chi connectivity index (χ2v) is 16.5. The van der Waals surface area contributed by atoms with Crippen molar-refractivity contribution in [2.45, 2.75) is 0 Å². The molecule has 0 saturated heterocycles. The van der Waals surface area contributed by atoms with Crippen molar-refractivity contribution in [2.75, 3.05) is 4.90 Å². The van der Waals surface area contributed by atoms with E-state index >= 15 is 0 Å². The topological polar surface area (TPSA) is 3.24 Å². The third-order valence-electron chi connectivity index (χ3n) is 10.3. The van der Waals surface area contributed by atoms with E-state index in [-0.39, 0.29) is 0 Å². The average Bonchev–Trinajstić information content (AvgIpc) is 3.90. The van der Waals surface area contributed by atoms with Gasteiger partial charge in [0.1, 0.15) is 0 Å². The maximum Gasteiger partial charge on any atom is 0.0640 e. The molecule has 0 aliphatic heterocycles. The van der Waals surface area contributed by atoms with Gasteiger partial charge in [0.25, 0.3) is 0 Å². The molecule has 4 heteroatoms. The first-order valence-corrected chi connectivity index (χ1v) is 19.9. The molecule has 0 spiro atoms. The SMILES string of the molecule is c1ccc(-c2cccc3c2sc2c(N(c4ccc(-c5ccc6sc7ccccc7c6c5)cc4)c4ccc5sc6ccccc6c5c4)cccc23)cc1. The Bertz CT molecular complexity index is 3130. The molecule has 8 aromatic carbocycles. The molecule has 0 saturated carbocycles. The van der Waals surface area contributed by atoms with E-state index in [2.05, 4.69) is 181 Å². The summed E-state index contributed by atoms with van der Waals surface area (Å²) in [5, 5.41) is 7.85. The summed E-state index contributed by atoms with van der Waals surface area (Å²) in [6, 6.07) is 64.9. The van der Waals surface area contributed by atoms with Gasteiger partial charge in [-0.15, -0.1) is 34.0 Å². The lowest BCUT2D eigenvalue weighted by molar-refractivity contribution is 1.31. The van der Waals surface area contributed by atoms with Crippen molar-refractivity contribution in [3.63, 3.8) is 0 Å². The van der Waals surface area contributed by atoms with Crippen molar-refractivity contribution in [3.05, 3.63) is 176 Å². The highest BCUT2D eigenvalue weighted by Crippen LogP contribution is 2.48. The van der Waals surface area contributed by atoms with Gasteiger partial charge in [0.15, 0.2) is 0 Å². The molecule has 0 aliphatic carbocycles. The van der Waals surface area contributed by atoms with Crippen LogP contribution >= 0.6 is 34.0 Å². The van der Waals surface area contributed by atoms with Crippen LogP contribution in [0.4, 0.5) is 17.1 Å². The molecule has 11 aromatic rings. The number of thiophene rings is 3. The summed E-state index contributed by atoms with van der Waals surface area (Å²) < 4.78 is 7.90. The van der Waals surface area contributed by atoms with Crippen LogP contribution in [0.25, 0.3) is 82.8 Å². The molecule has 3 aromatic heterocycles. The predicted molar refractivity (Wildman–Crippen MR) is 231 cm³/mol. The first kappa shape index (κ1) is 29.9. The van der Waals surface area contributed by atoms with E-state index in [1.165, 1.54) is 88.5 Å². The van der Waals surface area contributed by atoms with Crippen molar-refractivity contribution in [1.82, 2.24) is 0 Å². The van der Waals surface area contributed by atoms with Gasteiger partial charge < -0.3 is 4.90 Å². The first-order valence-electron chi connectivity index (χ1n) is 17.5. The molecular formula is C48H29NS3. The molecule has 11 rings (SSSR count). The zero-order valence-corrected chi connectivity index (χ0v) is 30.4. The van der Waals surface area contributed by atoms with Gasteiger partial charge in [-0.25, -0.2) is 0 Å². The molecule has 0 fully saturated rings. The van der Waals surface area contributed by atoms with E-state index < -0.39 is 0 Å². The average molecular weight is 716 g/mol. The fourth-order valence-corrected chi connectivity index (χ4v) is 11.3. The Morgan fingerprint density at radius 2 is 0.865 bits per heavy atom. The fourth-order valence-electron chi connectivity index (χ4n) is 7.82. The number of hydrogen-bond acceptors (Lipinski definition) is 4. The summed E-state index contributed by atoms with van der Waals surface area (Å²) in [5.74, 6) is 0. The van der Waals surface area contributed by atoms with Crippen molar-refractivity contribution in [1.29, 1.82) is 0 Å². The van der Waals surface area contributed by atoms with Gasteiger partial charge in [0.2, 0.25) is 0 Å². The molecule has 3 heterocycles. The van der Waals surface area contributed by atoms with Crippen molar-refractivity contribution < 1.29 is 0 Å². The highest BCUT2D eigenvalue weighted by atomic mass is 32.1. The second kappa shape index (κ2) is 11.9. The van der Waals surface area contributed by atoms with Crippen molar-refractivity contribution in [3.8, 4) is 22.3 Å². The van der Waals surface area contributed by atoms with Gasteiger partial charge in [-0.05, 0) is 82.9 Å². The summed E-state index contributed by atoms with van der Waals surface area (Å²) in [4.78, 5) is 2.46. The Morgan fingerprint density at radius 1 is 0.308 bits per heavy atom. The third kappa shape index (κ3) is 4.72. The summed E-state index contributed by atoms with van der Waals surface area (Å²) in [5.41, 5.74) is 8.46. The molecule has 52 heavy (non-hydrogen) atoms. The number of anilines is 3. The number of nitrogens with zero attached hydrogens (tertiary/aromatic N) is 1. The molecule has 244 valence electrons. The molecule has 0 unspecified atom stereocenters.